The van der Waals surface area contributed by atoms with Gasteiger partial charge in [-0.1, -0.05) is 25.4 Å². The third-order valence-corrected chi connectivity index (χ3v) is 6.02. The highest BCUT2D eigenvalue weighted by molar-refractivity contribution is 7.89. The van der Waals surface area contributed by atoms with Crippen LogP contribution in [0.4, 0.5) is 4.39 Å². The van der Waals surface area contributed by atoms with Crippen LogP contribution in [0.5, 0.6) is 0 Å². The molecule has 1 aliphatic heterocycles. The van der Waals surface area contributed by atoms with E-state index >= 15 is 0 Å². The van der Waals surface area contributed by atoms with Crippen LogP contribution < -0.4 is 0 Å². The molecular formula is C13H15ClFNO4S. The van der Waals surface area contributed by atoms with E-state index in [9.17, 15) is 17.6 Å². The van der Waals surface area contributed by atoms with E-state index in [1.807, 2.05) is 13.8 Å². The summed E-state index contributed by atoms with van der Waals surface area (Å²) in [5.74, 6) is -2.15. The molecule has 1 aliphatic rings. The Kier molecular flexibility index (Phi) is 4.28. The maximum atomic E-state index is 13.7. The number of carboxylic acid groups (broad SMARTS) is 1. The number of sulfonamides is 1. The minimum Gasteiger partial charge on any atom is -0.478 e. The Morgan fingerprint density at radius 1 is 1.33 bits per heavy atom. The molecule has 1 fully saturated rings. The minimum atomic E-state index is -3.93. The third kappa shape index (κ3) is 2.90. The molecular weight excluding hydrogens is 321 g/mol. The zero-order chi connectivity index (χ0) is 15.9. The van der Waals surface area contributed by atoms with Crippen LogP contribution >= 0.6 is 11.6 Å². The van der Waals surface area contributed by atoms with Crippen LogP contribution in [0.3, 0.4) is 0 Å². The molecule has 0 amide bonds. The highest BCUT2D eigenvalue weighted by Gasteiger charge is 2.35. The summed E-state index contributed by atoms with van der Waals surface area (Å²) in [6.45, 7) is 4.53. The summed E-state index contributed by atoms with van der Waals surface area (Å²) < 4.78 is 39.9. The first-order valence-corrected chi connectivity index (χ1v) is 8.19. The number of benzene rings is 1. The van der Waals surface area contributed by atoms with Gasteiger partial charge in [-0.25, -0.2) is 17.6 Å². The van der Waals surface area contributed by atoms with Crippen molar-refractivity contribution in [3.8, 4) is 0 Å². The van der Waals surface area contributed by atoms with Crippen molar-refractivity contribution >= 4 is 27.6 Å². The van der Waals surface area contributed by atoms with Crippen molar-refractivity contribution in [2.75, 3.05) is 13.1 Å². The molecule has 5 nitrogen and oxygen atoms in total. The average molecular weight is 336 g/mol. The first-order chi connectivity index (χ1) is 9.64. The number of hydrogen-bond donors (Lipinski definition) is 1. The van der Waals surface area contributed by atoms with Crippen molar-refractivity contribution in [3.63, 3.8) is 0 Å². The van der Waals surface area contributed by atoms with Gasteiger partial charge in [-0.15, -0.1) is 0 Å². The maximum absolute atomic E-state index is 13.7. The van der Waals surface area contributed by atoms with Crippen LogP contribution in [-0.2, 0) is 10.0 Å². The van der Waals surface area contributed by atoms with Crippen LogP contribution in [-0.4, -0.2) is 36.9 Å². The van der Waals surface area contributed by atoms with Gasteiger partial charge in [0.2, 0.25) is 10.0 Å². The predicted octanol–water partition coefficient (Wildman–Crippen LogP) is 2.45. The average Bonchev–Trinajstić information content (AvgIpc) is 2.73. The number of nitrogens with zero attached hydrogens (tertiary/aromatic N) is 1. The van der Waals surface area contributed by atoms with E-state index in [4.69, 9.17) is 16.7 Å². The molecule has 0 aromatic heterocycles. The summed E-state index contributed by atoms with van der Waals surface area (Å²) in [5, 5.41) is 8.38. The van der Waals surface area contributed by atoms with Crippen molar-refractivity contribution in [1.29, 1.82) is 0 Å². The van der Waals surface area contributed by atoms with E-state index in [1.54, 1.807) is 0 Å². The van der Waals surface area contributed by atoms with Gasteiger partial charge in [-0.05, 0) is 24.0 Å². The number of hydrogen-bond acceptors (Lipinski definition) is 3. The molecule has 116 valence electrons. The number of halogens is 2. The summed E-state index contributed by atoms with van der Waals surface area (Å²) in [5.41, 5.74) is -0.560. The Balaban J connectivity index is 2.49. The summed E-state index contributed by atoms with van der Waals surface area (Å²) >= 11 is 5.55. The fraction of sp³-hybridized carbons (Fsp3) is 0.462. The third-order valence-electron chi connectivity index (χ3n) is 3.82. The molecule has 0 radical (unpaired) electrons. The Bertz CT molecular complexity index is 682. The summed E-state index contributed by atoms with van der Waals surface area (Å²) in [4.78, 5) is 10.6. The van der Waals surface area contributed by atoms with Crippen LogP contribution in [0, 0.1) is 17.7 Å². The smallest absolute Gasteiger partial charge is 0.337 e. The minimum absolute atomic E-state index is 0.191. The van der Waals surface area contributed by atoms with Crippen molar-refractivity contribution in [2.24, 2.45) is 11.8 Å². The lowest BCUT2D eigenvalue weighted by Gasteiger charge is -2.17. The Morgan fingerprint density at radius 3 is 2.33 bits per heavy atom. The van der Waals surface area contributed by atoms with Gasteiger partial charge in [-0.2, -0.15) is 4.31 Å². The van der Waals surface area contributed by atoms with E-state index in [0.717, 1.165) is 12.1 Å². The summed E-state index contributed by atoms with van der Waals surface area (Å²) in [6.07, 6.45) is 0. The van der Waals surface area contributed by atoms with E-state index in [-0.39, 0.29) is 16.7 Å². The van der Waals surface area contributed by atoms with Gasteiger partial charge in [0.15, 0.2) is 0 Å². The van der Waals surface area contributed by atoms with Crippen molar-refractivity contribution in [1.82, 2.24) is 4.31 Å². The van der Waals surface area contributed by atoms with Crippen molar-refractivity contribution in [3.05, 3.63) is 28.5 Å². The molecule has 0 spiro atoms. The highest BCUT2D eigenvalue weighted by Crippen LogP contribution is 2.31. The fourth-order valence-corrected chi connectivity index (χ4v) is 4.16. The molecule has 0 saturated carbocycles. The van der Waals surface area contributed by atoms with E-state index in [0.29, 0.717) is 13.1 Å². The number of carbonyl (C=O) groups is 1. The molecule has 1 aromatic carbocycles. The van der Waals surface area contributed by atoms with Gasteiger partial charge in [0, 0.05) is 13.1 Å². The lowest BCUT2D eigenvalue weighted by Crippen LogP contribution is -2.29. The topological polar surface area (TPSA) is 74.7 Å². The molecule has 0 aliphatic carbocycles. The SMILES string of the molecule is CC1CN(S(=O)(=O)c2cc(F)c(Cl)c(C(=O)O)c2)CC1C. The van der Waals surface area contributed by atoms with Crippen LogP contribution in [0.2, 0.25) is 5.02 Å². The lowest BCUT2D eigenvalue weighted by molar-refractivity contribution is 0.0696. The molecule has 2 unspecified atom stereocenters. The molecule has 8 heteroatoms. The second kappa shape index (κ2) is 5.55. The maximum Gasteiger partial charge on any atom is 0.337 e. The molecule has 2 rings (SSSR count). The molecule has 1 saturated heterocycles. The highest BCUT2D eigenvalue weighted by atomic mass is 35.5. The zero-order valence-electron chi connectivity index (χ0n) is 11.5. The standard InChI is InChI=1S/C13H15ClFNO4S/c1-7-5-16(6-8(7)2)21(19,20)9-3-10(13(17)18)12(14)11(15)4-9/h3-4,7-8H,5-6H2,1-2H3,(H,17,18). The predicted molar refractivity (Wildman–Crippen MR) is 75.5 cm³/mol. The summed E-state index contributed by atoms with van der Waals surface area (Å²) in [7, 11) is -3.93. The molecule has 1 N–H and O–H groups in total. The largest absolute Gasteiger partial charge is 0.478 e. The van der Waals surface area contributed by atoms with Crippen LogP contribution in [0.25, 0.3) is 0 Å². The second-order valence-electron chi connectivity index (χ2n) is 5.35. The van der Waals surface area contributed by atoms with Crippen molar-refractivity contribution in [2.45, 2.75) is 18.7 Å². The van der Waals surface area contributed by atoms with Gasteiger partial charge in [0.25, 0.3) is 0 Å². The van der Waals surface area contributed by atoms with Crippen LogP contribution in [0.15, 0.2) is 17.0 Å². The van der Waals surface area contributed by atoms with E-state index < -0.39 is 32.4 Å². The normalized spacial score (nSPS) is 23.4. The Morgan fingerprint density at radius 2 is 1.86 bits per heavy atom. The number of carboxylic acids is 1. The monoisotopic (exact) mass is 335 g/mol. The van der Waals surface area contributed by atoms with E-state index in [2.05, 4.69) is 0 Å². The van der Waals surface area contributed by atoms with Gasteiger partial charge in [0.1, 0.15) is 5.82 Å². The zero-order valence-corrected chi connectivity index (χ0v) is 13.1. The quantitative estimate of drug-likeness (QED) is 0.920. The molecule has 1 aromatic rings. The Labute approximate surface area is 127 Å². The van der Waals surface area contributed by atoms with Gasteiger partial charge in [-0.3, -0.25) is 0 Å². The number of rotatable bonds is 3. The van der Waals surface area contributed by atoms with Gasteiger partial charge in [0.05, 0.1) is 15.5 Å². The van der Waals surface area contributed by atoms with E-state index in [1.165, 1.54) is 4.31 Å². The van der Waals surface area contributed by atoms with Crippen molar-refractivity contribution < 1.29 is 22.7 Å². The fourth-order valence-electron chi connectivity index (χ4n) is 2.29. The number of aromatic carboxylic acids is 1. The van der Waals surface area contributed by atoms with Crippen LogP contribution in [0.1, 0.15) is 24.2 Å². The first-order valence-electron chi connectivity index (χ1n) is 6.37. The molecule has 21 heavy (non-hydrogen) atoms. The molecule has 2 atom stereocenters. The Hall–Kier alpha value is -1.18. The van der Waals surface area contributed by atoms with Gasteiger partial charge >= 0.3 is 5.97 Å². The first kappa shape index (κ1) is 16.2. The molecule has 0 bridgehead atoms. The summed E-state index contributed by atoms with van der Waals surface area (Å²) in [6, 6.07) is 1.66. The van der Waals surface area contributed by atoms with Gasteiger partial charge < -0.3 is 5.11 Å². The lowest BCUT2D eigenvalue weighted by atomic mass is 10.0. The second-order valence-corrected chi connectivity index (χ2v) is 7.66. The molecule has 1 heterocycles.